The Kier molecular flexibility index (Phi) is 7.62. The van der Waals surface area contributed by atoms with Crippen LogP contribution in [0.1, 0.15) is 36.5 Å². The lowest BCUT2D eigenvalue weighted by Crippen LogP contribution is -2.35. The lowest BCUT2D eigenvalue weighted by molar-refractivity contribution is 0.0950. The van der Waals surface area contributed by atoms with Crippen molar-refractivity contribution in [2.45, 2.75) is 26.2 Å². The lowest BCUT2D eigenvalue weighted by Gasteiger charge is -2.30. The van der Waals surface area contributed by atoms with Crippen molar-refractivity contribution in [2.24, 2.45) is 5.92 Å². The average molecular weight is 448 g/mol. The maximum absolute atomic E-state index is 13.1. The van der Waals surface area contributed by atoms with Gasteiger partial charge in [0.2, 0.25) is 0 Å². The van der Waals surface area contributed by atoms with Crippen LogP contribution in [0.25, 0.3) is 11.3 Å². The number of hydrogen-bond acceptors (Lipinski definition) is 5. The number of hydrogen-bond donors (Lipinski definition) is 2. The molecule has 1 amide bonds. The first kappa shape index (κ1) is 22.9. The molecule has 0 spiro atoms. The molecule has 1 aliphatic heterocycles. The summed E-state index contributed by atoms with van der Waals surface area (Å²) >= 11 is 0. The molecule has 2 aromatic carbocycles. The molecule has 33 heavy (non-hydrogen) atoms. The zero-order chi connectivity index (χ0) is 23.0. The fourth-order valence-electron chi connectivity index (χ4n) is 3.92. The Morgan fingerprint density at radius 3 is 2.39 bits per heavy atom. The Balaban J connectivity index is 1.23. The molecule has 0 aliphatic carbocycles. The molecule has 7 heteroatoms. The third-order valence-corrected chi connectivity index (χ3v) is 6.04. The zero-order valence-corrected chi connectivity index (χ0v) is 18.9. The molecule has 2 N–H and O–H groups in total. The van der Waals surface area contributed by atoms with Gasteiger partial charge in [0, 0.05) is 23.4 Å². The van der Waals surface area contributed by atoms with Gasteiger partial charge in [-0.3, -0.25) is 4.79 Å². The second-order valence-electron chi connectivity index (χ2n) is 8.65. The maximum Gasteiger partial charge on any atom is 0.251 e. The van der Waals surface area contributed by atoms with Crippen LogP contribution in [0.4, 0.5) is 15.9 Å². The smallest absolute Gasteiger partial charge is 0.251 e. The van der Waals surface area contributed by atoms with Gasteiger partial charge in [-0.2, -0.15) is 0 Å². The number of anilines is 2. The number of amides is 1. The number of rotatable bonds is 8. The van der Waals surface area contributed by atoms with E-state index in [2.05, 4.69) is 32.7 Å². The molecule has 0 saturated carbocycles. The molecule has 1 aliphatic rings. The van der Waals surface area contributed by atoms with Crippen LogP contribution in [0.2, 0.25) is 0 Å². The van der Waals surface area contributed by atoms with E-state index in [1.807, 2.05) is 24.3 Å². The average Bonchev–Trinajstić information content (AvgIpc) is 2.84. The maximum atomic E-state index is 13.1. The van der Waals surface area contributed by atoms with Gasteiger partial charge in [-0.05, 0) is 105 Å². The second kappa shape index (κ2) is 11.0. The Hall–Kier alpha value is -3.32. The van der Waals surface area contributed by atoms with Crippen molar-refractivity contribution in [3.05, 3.63) is 72.0 Å². The molecular formula is C26H30FN5O. The monoisotopic (exact) mass is 447 g/mol. The molecule has 4 rings (SSSR count). The molecule has 3 aromatic rings. The largest absolute Gasteiger partial charge is 0.352 e. The van der Waals surface area contributed by atoms with Gasteiger partial charge in [-0.1, -0.05) is 6.92 Å². The molecule has 1 fully saturated rings. The van der Waals surface area contributed by atoms with E-state index in [1.165, 1.54) is 38.1 Å². The molecular weight excluding hydrogens is 417 g/mol. The van der Waals surface area contributed by atoms with Crippen LogP contribution < -0.4 is 10.6 Å². The highest BCUT2D eigenvalue weighted by atomic mass is 19.1. The summed E-state index contributed by atoms with van der Waals surface area (Å²) in [5, 5.41) is 14.6. The summed E-state index contributed by atoms with van der Waals surface area (Å²) in [6, 6.07) is 17.1. The van der Waals surface area contributed by atoms with E-state index in [1.54, 1.807) is 24.3 Å². The highest BCUT2D eigenvalue weighted by Gasteiger charge is 2.15. The van der Waals surface area contributed by atoms with Crippen molar-refractivity contribution >= 4 is 17.4 Å². The van der Waals surface area contributed by atoms with Crippen LogP contribution in [-0.4, -0.2) is 47.2 Å². The first-order valence-electron chi connectivity index (χ1n) is 11.5. The fraction of sp³-hybridized carbons (Fsp3) is 0.346. The van der Waals surface area contributed by atoms with E-state index >= 15 is 0 Å². The summed E-state index contributed by atoms with van der Waals surface area (Å²) in [6.45, 7) is 6.38. The van der Waals surface area contributed by atoms with E-state index in [0.717, 1.165) is 30.1 Å². The number of piperidine rings is 1. The Labute approximate surface area is 194 Å². The SMILES string of the molecule is CC1CCN(CCCNC(=O)c2ccc(Nc3ccc(-c4ccc(F)cc4)nn3)cc2)CC1. The highest BCUT2D eigenvalue weighted by Crippen LogP contribution is 2.20. The van der Waals surface area contributed by atoms with Crippen LogP contribution in [0, 0.1) is 11.7 Å². The molecule has 0 atom stereocenters. The third-order valence-electron chi connectivity index (χ3n) is 6.04. The minimum Gasteiger partial charge on any atom is -0.352 e. The van der Waals surface area contributed by atoms with E-state index in [4.69, 9.17) is 0 Å². The number of carbonyl (C=O) groups excluding carboxylic acids is 1. The lowest BCUT2D eigenvalue weighted by atomic mass is 9.99. The minimum absolute atomic E-state index is 0.0581. The molecule has 0 radical (unpaired) electrons. The van der Waals surface area contributed by atoms with Gasteiger partial charge in [0.05, 0.1) is 5.69 Å². The molecule has 2 heterocycles. The normalized spacial score (nSPS) is 14.7. The third kappa shape index (κ3) is 6.58. The van der Waals surface area contributed by atoms with Gasteiger partial charge in [-0.25, -0.2) is 4.39 Å². The molecule has 0 unspecified atom stereocenters. The number of nitrogens with zero attached hydrogens (tertiary/aromatic N) is 3. The van der Waals surface area contributed by atoms with Crippen LogP contribution in [0.15, 0.2) is 60.7 Å². The fourth-order valence-corrected chi connectivity index (χ4v) is 3.92. The molecule has 6 nitrogen and oxygen atoms in total. The number of carbonyl (C=O) groups is 1. The summed E-state index contributed by atoms with van der Waals surface area (Å²) in [6.07, 6.45) is 3.51. The van der Waals surface area contributed by atoms with Crippen molar-refractivity contribution in [1.82, 2.24) is 20.4 Å². The molecule has 172 valence electrons. The van der Waals surface area contributed by atoms with Gasteiger partial charge in [0.25, 0.3) is 5.91 Å². The van der Waals surface area contributed by atoms with E-state index < -0.39 is 0 Å². The van der Waals surface area contributed by atoms with Gasteiger partial charge < -0.3 is 15.5 Å². The first-order chi connectivity index (χ1) is 16.1. The van der Waals surface area contributed by atoms with E-state index in [0.29, 0.717) is 23.6 Å². The van der Waals surface area contributed by atoms with Crippen LogP contribution in [0.3, 0.4) is 0 Å². The Bertz CT molecular complexity index is 1030. The summed E-state index contributed by atoms with van der Waals surface area (Å²) in [5.74, 6) is 1.09. The van der Waals surface area contributed by atoms with Crippen LogP contribution in [-0.2, 0) is 0 Å². The van der Waals surface area contributed by atoms with Crippen molar-refractivity contribution in [3.63, 3.8) is 0 Å². The van der Waals surface area contributed by atoms with Gasteiger partial charge in [0.1, 0.15) is 5.82 Å². The zero-order valence-electron chi connectivity index (χ0n) is 18.9. The second-order valence-corrected chi connectivity index (χ2v) is 8.65. The van der Waals surface area contributed by atoms with Crippen molar-refractivity contribution < 1.29 is 9.18 Å². The van der Waals surface area contributed by atoms with Crippen molar-refractivity contribution in [3.8, 4) is 11.3 Å². The van der Waals surface area contributed by atoms with Crippen molar-refractivity contribution in [1.29, 1.82) is 0 Å². The molecule has 1 saturated heterocycles. The number of halogens is 1. The van der Waals surface area contributed by atoms with Gasteiger partial charge >= 0.3 is 0 Å². The topological polar surface area (TPSA) is 70.2 Å². The number of benzene rings is 2. The molecule has 0 bridgehead atoms. The number of likely N-dealkylation sites (tertiary alicyclic amines) is 1. The molecule has 1 aromatic heterocycles. The minimum atomic E-state index is -0.283. The highest BCUT2D eigenvalue weighted by molar-refractivity contribution is 5.94. The van der Waals surface area contributed by atoms with E-state index in [9.17, 15) is 9.18 Å². The predicted octanol–water partition coefficient (Wildman–Crippen LogP) is 4.88. The summed E-state index contributed by atoms with van der Waals surface area (Å²) in [4.78, 5) is 14.9. The summed E-state index contributed by atoms with van der Waals surface area (Å²) in [5.41, 5.74) is 2.92. The number of aromatic nitrogens is 2. The van der Waals surface area contributed by atoms with Crippen LogP contribution in [0.5, 0.6) is 0 Å². The van der Waals surface area contributed by atoms with Crippen LogP contribution >= 0.6 is 0 Å². The summed E-state index contributed by atoms with van der Waals surface area (Å²) in [7, 11) is 0. The quantitative estimate of drug-likeness (QED) is 0.482. The van der Waals surface area contributed by atoms with Gasteiger partial charge in [0.15, 0.2) is 5.82 Å². The Morgan fingerprint density at radius 2 is 1.73 bits per heavy atom. The Morgan fingerprint density at radius 1 is 1.00 bits per heavy atom. The first-order valence-corrected chi connectivity index (χ1v) is 11.5. The predicted molar refractivity (Wildman–Crippen MR) is 129 cm³/mol. The number of nitrogens with one attached hydrogen (secondary N) is 2. The van der Waals surface area contributed by atoms with Crippen molar-refractivity contribution in [2.75, 3.05) is 31.5 Å². The standard InChI is InChI=1S/C26H30FN5O/c1-19-13-17-32(18-14-19)16-2-15-28-26(33)21-5-9-23(10-6-21)29-25-12-11-24(30-31-25)20-3-7-22(27)8-4-20/h3-12,19H,2,13-18H2,1H3,(H,28,33)(H,29,31). The van der Waals surface area contributed by atoms with E-state index in [-0.39, 0.29) is 11.7 Å². The summed E-state index contributed by atoms with van der Waals surface area (Å²) < 4.78 is 13.1. The van der Waals surface area contributed by atoms with Gasteiger partial charge in [-0.15, -0.1) is 10.2 Å².